The molecule has 0 spiro atoms. The zero-order valence-electron chi connectivity index (χ0n) is 7.40. The van der Waals surface area contributed by atoms with Gasteiger partial charge in [-0.05, 0) is 12.8 Å². The summed E-state index contributed by atoms with van der Waals surface area (Å²) in [5, 5.41) is 3.77. The summed E-state index contributed by atoms with van der Waals surface area (Å²) in [5.74, 6) is 1.91. The Morgan fingerprint density at radius 3 is 2.62 bits per heavy atom. The Kier molecular flexibility index (Phi) is 3.69. The minimum atomic E-state index is 0. The summed E-state index contributed by atoms with van der Waals surface area (Å²) >= 11 is 0. The van der Waals surface area contributed by atoms with Crippen LogP contribution in [0.4, 0.5) is 0 Å². The van der Waals surface area contributed by atoms with Crippen LogP contribution in [0.25, 0.3) is 0 Å². The maximum absolute atomic E-state index is 5.38. The Morgan fingerprint density at radius 2 is 2.08 bits per heavy atom. The Morgan fingerprint density at radius 1 is 1.38 bits per heavy atom. The van der Waals surface area contributed by atoms with E-state index in [0.29, 0.717) is 18.3 Å². The molecule has 13 heavy (non-hydrogen) atoms. The highest BCUT2D eigenvalue weighted by Crippen LogP contribution is 2.32. The van der Waals surface area contributed by atoms with Crippen molar-refractivity contribution in [3.63, 3.8) is 0 Å². The van der Waals surface area contributed by atoms with Crippen LogP contribution in [0.2, 0.25) is 0 Å². The maximum atomic E-state index is 5.38. The lowest BCUT2D eigenvalue weighted by Crippen LogP contribution is -1.99. The SMILES string of the molecule is Cl.NCc1noc(C2CCCC2)n1. The van der Waals surface area contributed by atoms with Crippen LogP contribution >= 0.6 is 12.4 Å². The second-order valence-electron chi connectivity index (χ2n) is 3.23. The van der Waals surface area contributed by atoms with Crippen molar-refractivity contribution < 1.29 is 4.52 Å². The molecule has 0 atom stereocenters. The van der Waals surface area contributed by atoms with E-state index in [0.717, 1.165) is 5.89 Å². The van der Waals surface area contributed by atoms with Gasteiger partial charge < -0.3 is 10.3 Å². The molecule has 1 heterocycles. The normalized spacial score (nSPS) is 17.3. The van der Waals surface area contributed by atoms with Gasteiger partial charge in [0.15, 0.2) is 5.82 Å². The Hall–Kier alpha value is -0.610. The molecule has 1 saturated carbocycles. The van der Waals surface area contributed by atoms with Crippen molar-refractivity contribution in [3.05, 3.63) is 11.7 Å². The quantitative estimate of drug-likeness (QED) is 0.793. The highest BCUT2D eigenvalue weighted by molar-refractivity contribution is 5.85. The monoisotopic (exact) mass is 203 g/mol. The van der Waals surface area contributed by atoms with Crippen LogP contribution in [0.1, 0.15) is 43.3 Å². The number of nitrogens with zero attached hydrogens (tertiary/aromatic N) is 2. The highest BCUT2D eigenvalue weighted by Gasteiger charge is 2.22. The van der Waals surface area contributed by atoms with Gasteiger partial charge in [0.1, 0.15) is 0 Å². The molecular weight excluding hydrogens is 190 g/mol. The van der Waals surface area contributed by atoms with Crippen LogP contribution in [0, 0.1) is 0 Å². The molecule has 5 heteroatoms. The molecule has 2 rings (SSSR count). The predicted molar refractivity (Wildman–Crippen MR) is 50.6 cm³/mol. The molecule has 0 amide bonds. The first kappa shape index (κ1) is 10.5. The molecule has 1 aliphatic rings. The lowest BCUT2D eigenvalue weighted by Gasteiger charge is -1.98. The van der Waals surface area contributed by atoms with Crippen LogP contribution in [0.15, 0.2) is 4.52 Å². The van der Waals surface area contributed by atoms with E-state index in [1.54, 1.807) is 0 Å². The van der Waals surface area contributed by atoms with Crippen LogP contribution in [-0.4, -0.2) is 10.1 Å². The van der Waals surface area contributed by atoms with Gasteiger partial charge in [0.25, 0.3) is 0 Å². The zero-order valence-corrected chi connectivity index (χ0v) is 8.22. The van der Waals surface area contributed by atoms with E-state index >= 15 is 0 Å². The molecule has 1 aliphatic carbocycles. The van der Waals surface area contributed by atoms with E-state index < -0.39 is 0 Å². The van der Waals surface area contributed by atoms with Gasteiger partial charge in [-0.1, -0.05) is 18.0 Å². The second kappa shape index (κ2) is 4.58. The number of rotatable bonds is 2. The van der Waals surface area contributed by atoms with Crippen LogP contribution in [0.5, 0.6) is 0 Å². The first-order valence-electron chi connectivity index (χ1n) is 4.42. The fourth-order valence-electron chi connectivity index (χ4n) is 1.69. The van der Waals surface area contributed by atoms with Crippen LogP contribution in [-0.2, 0) is 6.54 Å². The average molecular weight is 204 g/mol. The van der Waals surface area contributed by atoms with E-state index in [1.165, 1.54) is 25.7 Å². The van der Waals surface area contributed by atoms with Gasteiger partial charge in [0.05, 0.1) is 6.54 Å². The van der Waals surface area contributed by atoms with Gasteiger partial charge in [-0.15, -0.1) is 12.4 Å². The number of nitrogens with two attached hydrogens (primary N) is 1. The molecular formula is C8H14ClN3O. The summed E-state index contributed by atoms with van der Waals surface area (Å²) in [6, 6.07) is 0. The van der Waals surface area contributed by atoms with E-state index in [-0.39, 0.29) is 12.4 Å². The Bertz CT molecular complexity index is 258. The predicted octanol–water partition coefficient (Wildman–Crippen LogP) is 1.61. The summed E-state index contributed by atoms with van der Waals surface area (Å²) in [7, 11) is 0. The van der Waals surface area contributed by atoms with Crippen LogP contribution in [0.3, 0.4) is 0 Å². The van der Waals surface area contributed by atoms with Crippen molar-refractivity contribution in [2.45, 2.75) is 38.1 Å². The topological polar surface area (TPSA) is 64.9 Å². The summed E-state index contributed by atoms with van der Waals surface area (Å²) in [6.45, 7) is 0.371. The summed E-state index contributed by atoms with van der Waals surface area (Å²) in [4.78, 5) is 4.21. The maximum Gasteiger partial charge on any atom is 0.229 e. The lowest BCUT2D eigenvalue weighted by atomic mass is 10.1. The Labute approximate surface area is 83.3 Å². The van der Waals surface area contributed by atoms with Crippen molar-refractivity contribution in [2.75, 3.05) is 0 Å². The fraction of sp³-hybridized carbons (Fsp3) is 0.750. The molecule has 1 aromatic heterocycles. The second-order valence-corrected chi connectivity index (χ2v) is 3.23. The van der Waals surface area contributed by atoms with Crippen LogP contribution < -0.4 is 5.73 Å². The molecule has 4 nitrogen and oxygen atoms in total. The van der Waals surface area contributed by atoms with Gasteiger partial charge in [0, 0.05) is 5.92 Å². The van der Waals surface area contributed by atoms with E-state index in [2.05, 4.69) is 10.1 Å². The number of hydrogen-bond acceptors (Lipinski definition) is 4. The first-order chi connectivity index (χ1) is 5.90. The van der Waals surface area contributed by atoms with Crippen molar-refractivity contribution >= 4 is 12.4 Å². The molecule has 0 radical (unpaired) electrons. The molecule has 1 aromatic rings. The smallest absolute Gasteiger partial charge is 0.229 e. The largest absolute Gasteiger partial charge is 0.339 e. The fourth-order valence-corrected chi connectivity index (χ4v) is 1.69. The number of halogens is 1. The molecule has 0 saturated heterocycles. The third-order valence-electron chi connectivity index (χ3n) is 2.37. The molecule has 0 unspecified atom stereocenters. The van der Waals surface area contributed by atoms with Crippen molar-refractivity contribution in [3.8, 4) is 0 Å². The molecule has 74 valence electrons. The number of hydrogen-bond donors (Lipinski definition) is 1. The van der Waals surface area contributed by atoms with E-state index in [4.69, 9.17) is 10.3 Å². The van der Waals surface area contributed by atoms with Gasteiger partial charge in [0.2, 0.25) is 5.89 Å². The van der Waals surface area contributed by atoms with Crippen molar-refractivity contribution in [2.24, 2.45) is 5.73 Å². The zero-order chi connectivity index (χ0) is 8.39. The molecule has 2 N–H and O–H groups in total. The molecule has 0 aromatic carbocycles. The lowest BCUT2D eigenvalue weighted by molar-refractivity contribution is 0.350. The van der Waals surface area contributed by atoms with E-state index in [1.807, 2.05) is 0 Å². The third-order valence-corrected chi connectivity index (χ3v) is 2.37. The minimum Gasteiger partial charge on any atom is -0.339 e. The van der Waals surface area contributed by atoms with Crippen molar-refractivity contribution in [1.82, 2.24) is 10.1 Å². The third kappa shape index (κ3) is 2.19. The summed E-state index contributed by atoms with van der Waals surface area (Å²) in [5.41, 5.74) is 5.38. The molecule has 0 bridgehead atoms. The van der Waals surface area contributed by atoms with E-state index in [9.17, 15) is 0 Å². The Balaban J connectivity index is 0.000000845. The number of aromatic nitrogens is 2. The average Bonchev–Trinajstić information content (AvgIpc) is 2.75. The molecule has 0 aliphatic heterocycles. The summed E-state index contributed by atoms with van der Waals surface area (Å²) < 4.78 is 5.10. The first-order valence-corrected chi connectivity index (χ1v) is 4.42. The molecule has 1 fully saturated rings. The van der Waals surface area contributed by atoms with Gasteiger partial charge in [-0.3, -0.25) is 0 Å². The highest BCUT2D eigenvalue weighted by atomic mass is 35.5. The van der Waals surface area contributed by atoms with Gasteiger partial charge >= 0.3 is 0 Å². The van der Waals surface area contributed by atoms with Gasteiger partial charge in [-0.2, -0.15) is 4.98 Å². The van der Waals surface area contributed by atoms with Crippen molar-refractivity contribution in [1.29, 1.82) is 0 Å². The summed E-state index contributed by atoms with van der Waals surface area (Å²) in [6.07, 6.45) is 4.94. The van der Waals surface area contributed by atoms with Gasteiger partial charge in [-0.25, -0.2) is 0 Å². The standard InChI is InChI=1S/C8H13N3O.ClH/c9-5-7-10-8(12-11-7)6-3-1-2-4-6;/h6H,1-5,9H2;1H. The minimum absolute atomic E-state index is 0.